The van der Waals surface area contributed by atoms with Gasteiger partial charge in [-0.2, -0.15) is 0 Å². The highest BCUT2D eigenvalue weighted by molar-refractivity contribution is 9.10. The van der Waals surface area contributed by atoms with Gasteiger partial charge in [0, 0.05) is 14.9 Å². The van der Waals surface area contributed by atoms with Gasteiger partial charge in [-0.3, -0.25) is 5.84 Å². The molecule has 0 saturated heterocycles. The van der Waals surface area contributed by atoms with Gasteiger partial charge >= 0.3 is 0 Å². The molecule has 0 amide bonds. The second-order valence-corrected chi connectivity index (χ2v) is 5.60. The third kappa shape index (κ3) is 2.57. The van der Waals surface area contributed by atoms with Crippen LogP contribution in [0.4, 0.5) is 4.39 Å². The van der Waals surface area contributed by atoms with Crippen LogP contribution in [0.15, 0.2) is 34.1 Å². The van der Waals surface area contributed by atoms with E-state index in [4.69, 9.17) is 5.84 Å². The topological polar surface area (TPSA) is 38.0 Å². The van der Waals surface area contributed by atoms with E-state index in [9.17, 15) is 4.39 Å². The number of aryl methyl sites for hydroxylation is 1. The second kappa shape index (κ2) is 5.27. The fraction of sp³-hybridized carbons (Fsp3) is 0.167. The number of hydrogen-bond acceptors (Lipinski definition) is 3. The molecule has 5 heteroatoms. The molecule has 0 aliphatic carbocycles. The Kier molecular flexibility index (Phi) is 3.93. The normalized spacial score (nSPS) is 12.7. The SMILES string of the molecule is Cc1ccsc1C(NN)c1cc(Br)ccc1F. The van der Waals surface area contributed by atoms with Crippen LogP contribution in [0.25, 0.3) is 0 Å². The zero-order chi connectivity index (χ0) is 12.4. The molecule has 1 unspecified atom stereocenters. The fourth-order valence-corrected chi connectivity index (χ4v) is 3.11. The molecule has 1 aromatic carbocycles. The van der Waals surface area contributed by atoms with Crippen LogP contribution in [0.5, 0.6) is 0 Å². The minimum Gasteiger partial charge on any atom is -0.271 e. The zero-order valence-electron chi connectivity index (χ0n) is 9.21. The van der Waals surface area contributed by atoms with E-state index in [2.05, 4.69) is 21.4 Å². The molecule has 2 rings (SSSR count). The summed E-state index contributed by atoms with van der Waals surface area (Å²) in [5, 5.41) is 1.98. The standard InChI is InChI=1S/C12H12BrFN2S/c1-7-4-5-17-12(7)11(16-15)9-6-8(13)2-3-10(9)14/h2-6,11,16H,15H2,1H3. The first kappa shape index (κ1) is 12.7. The Labute approximate surface area is 112 Å². The molecule has 1 heterocycles. The first-order chi connectivity index (χ1) is 8.13. The summed E-state index contributed by atoms with van der Waals surface area (Å²) in [7, 11) is 0. The van der Waals surface area contributed by atoms with Crippen LogP contribution in [0.3, 0.4) is 0 Å². The van der Waals surface area contributed by atoms with Gasteiger partial charge in [0.2, 0.25) is 0 Å². The van der Waals surface area contributed by atoms with Crippen molar-refractivity contribution in [2.24, 2.45) is 5.84 Å². The van der Waals surface area contributed by atoms with E-state index in [0.717, 1.165) is 14.9 Å². The van der Waals surface area contributed by atoms with Crippen LogP contribution in [-0.4, -0.2) is 0 Å². The number of nitrogens with one attached hydrogen (secondary N) is 1. The number of hydrazine groups is 1. The number of benzene rings is 1. The Balaban J connectivity index is 2.49. The summed E-state index contributed by atoms with van der Waals surface area (Å²) in [4.78, 5) is 1.03. The molecule has 2 nitrogen and oxygen atoms in total. The minimum absolute atomic E-state index is 0.260. The monoisotopic (exact) mass is 314 g/mol. The van der Waals surface area contributed by atoms with Crippen molar-refractivity contribution in [1.29, 1.82) is 0 Å². The zero-order valence-corrected chi connectivity index (χ0v) is 11.6. The van der Waals surface area contributed by atoms with Gasteiger partial charge in [-0.15, -0.1) is 11.3 Å². The first-order valence-electron chi connectivity index (χ1n) is 5.08. The smallest absolute Gasteiger partial charge is 0.128 e. The molecule has 17 heavy (non-hydrogen) atoms. The average Bonchev–Trinajstić information content (AvgIpc) is 2.71. The van der Waals surface area contributed by atoms with Crippen LogP contribution in [0.1, 0.15) is 22.0 Å². The number of rotatable bonds is 3. The van der Waals surface area contributed by atoms with Crippen LogP contribution in [0, 0.1) is 12.7 Å². The molecule has 0 saturated carbocycles. The summed E-state index contributed by atoms with van der Waals surface area (Å²) in [6, 6.07) is 6.55. The highest BCUT2D eigenvalue weighted by Crippen LogP contribution is 2.31. The third-order valence-electron chi connectivity index (χ3n) is 2.60. The third-order valence-corrected chi connectivity index (χ3v) is 4.18. The number of hydrogen-bond donors (Lipinski definition) is 2. The van der Waals surface area contributed by atoms with Crippen molar-refractivity contribution in [2.45, 2.75) is 13.0 Å². The maximum Gasteiger partial charge on any atom is 0.128 e. The van der Waals surface area contributed by atoms with Gasteiger partial charge in [0.15, 0.2) is 0 Å². The van der Waals surface area contributed by atoms with Crippen molar-refractivity contribution >= 4 is 27.3 Å². The molecule has 2 aromatic rings. The van der Waals surface area contributed by atoms with Gasteiger partial charge < -0.3 is 0 Å². The van der Waals surface area contributed by atoms with Gasteiger partial charge in [0.05, 0.1) is 6.04 Å². The van der Waals surface area contributed by atoms with Crippen LogP contribution >= 0.6 is 27.3 Å². The summed E-state index contributed by atoms with van der Waals surface area (Å²) in [6.07, 6.45) is 0. The molecule has 1 atom stereocenters. The summed E-state index contributed by atoms with van der Waals surface area (Å²) in [5.41, 5.74) is 4.34. The number of halogens is 2. The van der Waals surface area contributed by atoms with Gasteiger partial charge in [-0.1, -0.05) is 15.9 Å². The molecule has 1 aromatic heterocycles. The fourth-order valence-electron chi connectivity index (χ4n) is 1.72. The van der Waals surface area contributed by atoms with E-state index in [1.807, 2.05) is 18.4 Å². The molecular formula is C12H12BrFN2S. The van der Waals surface area contributed by atoms with Crippen molar-refractivity contribution in [3.05, 3.63) is 55.9 Å². The maximum atomic E-state index is 13.8. The lowest BCUT2D eigenvalue weighted by Gasteiger charge is -2.17. The summed E-state index contributed by atoms with van der Waals surface area (Å²) < 4.78 is 14.7. The lowest BCUT2D eigenvalue weighted by Crippen LogP contribution is -2.29. The predicted molar refractivity (Wildman–Crippen MR) is 72.3 cm³/mol. The quantitative estimate of drug-likeness (QED) is 0.672. The van der Waals surface area contributed by atoms with Crippen LogP contribution < -0.4 is 11.3 Å². The largest absolute Gasteiger partial charge is 0.271 e. The van der Waals surface area contributed by atoms with Crippen LogP contribution in [-0.2, 0) is 0 Å². The predicted octanol–water partition coefficient (Wildman–Crippen LogP) is 3.51. The van der Waals surface area contributed by atoms with Crippen molar-refractivity contribution < 1.29 is 4.39 Å². The Morgan fingerprint density at radius 2 is 2.18 bits per heavy atom. The van der Waals surface area contributed by atoms with Crippen molar-refractivity contribution in [2.75, 3.05) is 0 Å². The highest BCUT2D eigenvalue weighted by atomic mass is 79.9. The Hall–Kier alpha value is -0.750. The molecule has 0 aliphatic heterocycles. The van der Waals surface area contributed by atoms with E-state index in [1.165, 1.54) is 6.07 Å². The number of nitrogens with two attached hydrogens (primary N) is 1. The lowest BCUT2D eigenvalue weighted by molar-refractivity contribution is 0.563. The summed E-state index contributed by atoms with van der Waals surface area (Å²) in [5.74, 6) is 5.30. The van der Waals surface area contributed by atoms with Gasteiger partial charge in [-0.05, 0) is 42.1 Å². The van der Waals surface area contributed by atoms with Gasteiger partial charge in [0.1, 0.15) is 5.82 Å². The van der Waals surface area contributed by atoms with E-state index in [-0.39, 0.29) is 11.9 Å². The van der Waals surface area contributed by atoms with Gasteiger partial charge in [-0.25, -0.2) is 9.82 Å². The molecular weight excluding hydrogens is 303 g/mol. The van der Waals surface area contributed by atoms with Crippen LogP contribution in [0.2, 0.25) is 0 Å². The average molecular weight is 315 g/mol. The van der Waals surface area contributed by atoms with E-state index >= 15 is 0 Å². The lowest BCUT2D eigenvalue weighted by atomic mass is 10.0. The summed E-state index contributed by atoms with van der Waals surface area (Å²) >= 11 is 4.91. The maximum absolute atomic E-state index is 13.8. The molecule has 90 valence electrons. The van der Waals surface area contributed by atoms with E-state index < -0.39 is 0 Å². The van der Waals surface area contributed by atoms with E-state index in [0.29, 0.717) is 5.56 Å². The molecule has 0 spiro atoms. The van der Waals surface area contributed by atoms with Crippen molar-refractivity contribution in [1.82, 2.24) is 5.43 Å². The Morgan fingerprint density at radius 3 is 2.76 bits per heavy atom. The van der Waals surface area contributed by atoms with Gasteiger partial charge in [0.25, 0.3) is 0 Å². The Bertz CT molecular complexity index is 527. The highest BCUT2D eigenvalue weighted by Gasteiger charge is 2.19. The molecule has 0 radical (unpaired) electrons. The summed E-state index contributed by atoms with van der Waals surface area (Å²) in [6.45, 7) is 1.99. The van der Waals surface area contributed by atoms with Crippen molar-refractivity contribution in [3.8, 4) is 0 Å². The molecule has 0 aliphatic rings. The van der Waals surface area contributed by atoms with Crippen molar-refractivity contribution in [3.63, 3.8) is 0 Å². The number of thiophene rings is 1. The molecule has 3 N–H and O–H groups in total. The minimum atomic E-state index is -0.313. The second-order valence-electron chi connectivity index (χ2n) is 3.73. The Morgan fingerprint density at radius 1 is 1.41 bits per heavy atom. The molecule has 0 fully saturated rings. The molecule has 0 bridgehead atoms. The first-order valence-corrected chi connectivity index (χ1v) is 6.76. The van der Waals surface area contributed by atoms with E-state index in [1.54, 1.807) is 23.5 Å².